The number of ether oxygens (including phenoxy) is 4. The van der Waals surface area contributed by atoms with Crippen LogP contribution in [0.4, 0.5) is 0 Å². The van der Waals surface area contributed by atoms with Gasteiger partial charge in [-0.25, -0.2) is 0 Å². The van der Waals surface area contributed by atoms with Gasteiger partial charge in [-0.2, -0.15) is 0 Å². The zero-order valence-electron chi connectivity index (χ0n) is 17.6. The summed E-state index contributed by atoms with van der Waals surface area (Å²) in [6.07, 6.45) is -2.94. The fourth-order valence-corrected chi connectivity index (χ4v) is 3.53. The molecule has 0 unspecified atom stereocenters. The maximum absolute atomic E-state index is 11.9. The molecule has 1 heterocycles. The van der Waals surface area contributed by atoms with Gasteiger partial charge in [-0.05, 0) is 13.3 Å². The molecule has 0 N–H and O–H groups in total. The van der Waals surface area contributed by atoms with Crippen molar-refractivity contribution in [2.24, 2.45) is 5.92 Å². The molecule has 10 nitrogen and oxygen atoms in total. The van der Waals surface area contributed by atoms with Crippen LogP contribution in [0.15, 0.2) is 0 Å². The molecule has 1 amide bonds. The lowest BCUT2D eigenvalue weighted by Crippen LogP contribution is -2.50. The second kappa shape index (κ2) is 10.8. The lowest BCUT2D eigenvalue weighted by Gasteiger charge is -2.34. The quantitative estimate of drug-likeness (QED) is 0.414. The number of carbonyl (C=O) groups excluding carboxylic acids is 5. The van der Waals surface area contributed by atoms with E-state index in [-0.39, 0.29) is 31.0 Å². The SMILES string of the molecule is CC(=O)OC[C@@H](OC(C)=O)[C@@H](OC(C)=O)[C@H](OC(C)=O)[C@H]1C[C@H](C)N(C(C)=O)C1. The van der Waals surface area contributed by atoms with Crippen molar-refractivity contribution < 1.29 is 42.9 Å². The molecule has 1 rings (SSSR count). The lowest BCUT2D eigenvalue weighted by atomic mass is 9.92. The minimum Gasteiger partial charge on any atom is -0.462 e. The molecule has 0 bridgehead atoms. The van der Waals surface area contributed by atoms with E-state index in [0.717, 1.165) is 13.8 Å². The molecule has 29 heavy (non-hydrogen) atoms. The molecule has 0 spiro atoms. The summed E-state index contributed by atoms with van der Waals surface area (Å²) in [6.45, 7) is 7.87. The topological polar surface area (TPSA) is 126 Å². The first-order valence-corrected chi connectivity index (χ1v) is 9.34. The van der Waals surface area contributed by atoms with Crippen LogP contribution in [0.3, 0.4) is 0 Å². The van der Waals surface area contributed by atoms with Crippen LogP contribution >= 0.6 is 0 Å². The van der Waals surface area contributed by atoms with Gasteiger partial charge in [0.2, 0.25) is 5.91 Å². The summed E-state index contributed by atoms with van der Waals surface area (Å²) in [4.78, 5) is 59.8. The van der Waals surface area contributed by atoms with Crippen LogP contribution < -0.4 is 0 Å². The first-order chi connectivity index (χ1) is 13.4. The van der Waals surface area contributed by atoms with Gasteiger partial charge < -0.3 is 23.8 Å². The van der Waals surface area contributed by atoms with E-state index in [2.05, 4.69) is 0 Å². The van der Waals surface area contributed by atoms with Crippen molar-refractivity contribution in [3.05, 3.63) is 0 Å². The number of hydrogen-bond donors (Lipinski definition) is 0. The summed E-state index contributed by atoms with van der Waals surface area (Å²) < 4.78 is 21.0. The zero-order valence-corrected chi connectivity index (χ0v) is 17.6. The first kappa shape index (κ1) is 24.4. The predicted molar refractivity (Wildman–Crippen MR) is 98.3 cm³/mol. The molecule has 1 fully saturated rings. The molecule has 0 radical (unpaired) electrons. The van der Waals surface area contributed by atoms with Gasteiger partial charge in [-0.15, -0.1) is 0 Å². The molecule has 10 heteroatoms. The number of hydrogen-bond acceptors (Lipinski definition) is 9. The van der Waals surface area contributed by atoms with Crippen LogP contribution in [-0.4, -0.2) is 72.2 Å². The molecule has 1 aliphatic rings. The molecular weight excluding hydrogens is 386 g/mol. The Balaban J connectivity index is 3.26. The van der Waals surface area contributed by atoms with E-state index >= 15 is 0 Å². The van der Waals surface area contributed by atoms with Crippen molar-refractivity contribution in [1.29, 1.82) is 0 Å². The van der Waals surface area contributed by atoms with Crippen LogP contribution in [-0.2, 0) is 42.9 Å². The fourth-order valence-electron chi connectivity index (χ4n) is 3.53. The Kier molecular flexibility index (Phi) is 9.06. The van der Waals surface area contributed by atoms with Gasteiger partial charge in [0.25, 0.3) is 0 Å². The minimum atomic E-state index is -1.22. The third kappa shape index (κ3) is 7.71. The van der Waals surface area contributed by atoms with Crippen LogP contribution in [0.25, 0.3) is 0 Å². The average molecular weight is 415 g/mol. The van der Waals surface area contributed by atoms with E-state index < -0.39 is 42.2 Å². The average Bonchev–Trinajstić information content (AvgIpc) is 2.95. The Morgan fingerprint density at radius 3 is 1.83 bits per heavy atom. The normalized spacial score (nSPS) is 21.5. The van der Waals surface area contributed by atoms with Crippen molar-refractivity contribution in [1.82, 2.24) is 4.90 Å². The van der Waals surface area contributed by atoms with Crippen molar-refractivity contribution >= 4 is 29.8 Å². The van der Waals surface area contributed by atoms with Crippen LogP contribution in [0.5, 0.6) is 0 Å². The fraction of sp³-hybridized carbons (Fsp3) is 0.737. The molecule has 0 aliphatic carbocycles. The highest BCUT2D eigenvalue weighted by Crippen LogP contribution is 2.31. The van der Waals surface area contributed by atoms with E-state index in [4.69, 9.17) is 18.9 Å². The zero-order chi connectivity index (χ0) is 22.3. The summed E-state index contributed by atoms with van der Waals surface area (Å²) in [5, 5.41) is 0. The van der Waals surface area contributed by atoms with Crippen LogP contribution in [0.1, 0.15) is 48.0 Å². The van der Waals surface area contributed by atoms with Gasteiger partial charge in [-0.3, -0.25) is 24.0 Å². The number of rotatable bonds is 8. The van der Waals surface area contributed by atoms with Gasteiger partial charge in [-0.1, -0.05) is 0 Å². The van der Waals surface area contributed by atoms with Crippen molar-refractivity contribution in [3.63, 3.8) is 0 Å². The molecule has 0 aromatic rings. The first-order valence-electron chi connectivity index (χ1n) is 9.34. The molecule has 0 aromatic carbocycles. The summed E-state index contributed by atoms with van der Waals surface area (Å²) >= 11 is 0. The van der Waals surface area contributed by atoms with Gasteiger partial charge in [0.15, 0.2) is 12.2 Å². The highest BCUT2D eigenvalue weighted by Gasteiger charge is 2.46. The van der Waals surface area contributed by atoms with Gasteiger partial charge in [0.05, 0.1) is 0 Å². The van der Waals surface area contributed by atoms with Crippen molar-refractivity contribution in [2.45, 2.75) is 72.3 Å². The summed E-state index contributed by atoms with van der Waals surface area (Å²) in [5.41, 5.74) is 0. The highest BCUT2D eigenvalue weighted by atomic mass is 16.6. The van der Waals surface area contributed by atoms with Crippen molar-refractivity contribution in [2.75, 3.05) is 13.2 Å². The molecule has 1 aliphatic heterocycles. The second-order valence-electron chi connectivity index (χ2n) is 7.11. The minimum absolute atomic E-state index is 0.116. The Bertz CT molecular complexity index is 648. The third-order valence-corrected chi connectivity index (χ3v) is 4.54. The maximum atomic E-state index is 11.9. The lowest BCUT2D eigenvalue weighted by molar-refractivity contribution is -0.193. The van der Waals surface area contributed by atoms with E-state index in [9.17, 15) is 24.0 Å². The molecular formula is C19H29NO9. The Morgan fingerprint density at radius 1 is 0.862 bits per heavy atom. The largest absolute Gasteiger partial charge is 0.462 e. The maximum Gasteiger partial charge on any atom is 0.303 e. The molecule has 0 saturated carbocycles. The molecule has 5 atom stereocenters. The van der Waals surface area contributed by atoms with Gasteiger partial charge in [0, 0.05) is 53.1 Å². The Hall–Kier alpha value is -2.65. The standard InChI is InChI=1S/C19H29NO9/c1-10-7-16(8-20(10)11(2)21)18(28-14(5)24)19(29-15(6)25)17(27-13(4)23)9-26-12(3)22/h10,16-19H,7-9H2,1-6H3/t10-,16-,17+,18+,19+/m0/s1. The molecule has 1 saturated heterocycles. The number of esters is 4. The molecule has 0 aromatic heterocycles. The Morgan fingerprint density at radius 2 is 1.41 bits per heavy atom. The monoisotopic (exact) mass is 415 g/mol. The summed E-state index contributed by atoms with van der Waals surface area (Å²) in [7, 11) is 0. The van der Waals surface area contributed by atoms with Crippen LogP contribution in [0.2, 0.25) is 0 Å². The van der Waals surface area contributed by atoms with E-state index in [0.29, 0.717) is 6.42 Å². The number of likely N-dealkylation sites (tertiary alicyclic amines) is 1. The van der Waals surface area contributed by atoms with E-state index in [1.807, 2.05) is 6.92 Å². The second-order valence-corrected chi connectivity index (χ2v) is 7.11. The predicted octanol–water partition coefficient (Wildman–Crippen LogP) is 0.602. The van der Waals surface area contributed by atoms with Gasteiger partial charge >= 0.3 is 23.9 Å². The van der Waals surface area contributed by atoms with Crippen molar-refractivity contribution in [3.8, 4) is 0 Å². The number of nitrogens with zero attached hydrogens (tertiary/aromatic N) is 1. The number of amides is 1. The summed E-state index contributed by atoms with van der Waals surface area (Å²) in [6, 6.07) is -0.116. The molecule has 164 valence electrons. The van der Waals surface area contributed by atoms with Gasteiger partial charge in [0.1, 0.15) is 12.7 Å². The number of carbonyl (C=O) groups is 5. The highest BCUT2D eigenvalue weighted by molar-refractivity contribution is 5.74. The Labute approximate surface area is 169 Å². The van der Waals surface area contributed by atoms with E-state index in [1.165, 1.54) is 20.8 Å². The smallest absolute Gasteiger partial charge is 0.303 e. The van der Waals surface area contributed by atoms with E-state index in [1.54, 1.807) is 4.90 Å². The third-order valence-electron chi connectivity index (χ3n) is 4.54. The van der Waals surface area contributed by atoms with Crippen LogP contribution in [0, 0.1) is 5.92 Å². The summed E-state index contributed by atoms with van der Waals surface area (Å²) in [5.74, 6) is -3.15.